The third-order valence-corrected chi connectivity index (χ3v) is 4.24. The summed E-state index contributed by atoms with van der Waals surface area (Å²) in [7, 11) is 1.52. The maximum atomic E-state index is 14.2. The van der Waals surface area contributed by atoms with E-state index in [1.165, 1.54) is 7.11 Å². The van der Waals surface area contributed by atoms with Crippen LogP contribution in [0.3, 0.4) is 0 Å². The normalized spacial score (nSPS) is 18.5. The first-order chi connectivity index (χ1) is 9.99. The molecule has 2 rings (SSSR count). The number of nitrogens with one attached hydrogen (secondary N) is 1. The van der Waals surface area contributed by atoms with Crippen molar-refractivity contribution in [3.05, 3.63) is 28.2 Å². The minimum atomic E-state index is -3.20. The lowest BCUT2D eigenvalue weighted by Crippen LogP contribution is -2.51. The van der Waals surface area contributed by atoms with Crippen molar-refractivity contribution in [3.63, 3.8) is 0 Å². The molecule has 118 valence electrons. The van der Waals surface area contributed by atoms with E-state index in [-0.39, 0.29) is 0 Å². The zero-order chi connectivity index (χ0) is 15.5. The number of nitrogens with zero attached hydrogens (tertiary/aromatic N) is 1. The number of alkyl halides is 2. The van der Waals surface area contributed by atoms with E-state index in [0.29, 0.717) is 42.0 Å². The molecule has 1 heterocycles. The molecule has 2 N–H and O–H groups in total. The van der Waals surface area contributed by atoms with Crippen LogP contribution in [0.2, 0.25) is 0 Å². The van der Waals surface area contributed by atoms with Crippen molar-refractivity contribution in [2.75, 3.05) is 39.9 Å². The number of aliphatic hydroxyl groups is 1. The van der Waals surface area contributed by atoms with Gasteiger partial charge in [-0.2, -0.15) is 0 Å². The van der Waals surface area contributed by atoms with Gasteiger partial charge in [0, 0.05) is 26.2 Å². The quantitative estimate of drug-likeness (QED) is 0.838. The topological polar surface area (TPSA) is 44.7 Å². The average Bonchev–Trinajstić information content (AvgIpc) is 2.48. The molecule has 1 fully saturated rings. The molecule has 0 aromatic heterocycles. The Kier molecular flexibility index (Phi) is 5.54. The highest BCUT2D eigenvalue weighted by Crippen LogP contribution is 2.39. The van der Waals surface area contributed by atoms with Crippen LogP contribution in [0.1, 0.15) is 11.6 Å². The highest BCUT2D eigenvalue weighted by atomic mass is 79.9. The van der Waals surface area contributed by atoms with Gasteiger partial charge < -0.3 is 15.2 Å². The lowest BCUT2D eigenvalue weighted by atomic mass is 9.98. The molecule has 1 saturated heterocycles. The van der Waals surface area contributed by atoms with Crippen LogP contribution in [0.15, 0.2) is 22.7 Å². The van der Waals surface area contributed by atoms with Gasteiger partial charge in [-0.05, 0) is 33.6 Å². The van der Waals surface area contributed by atoms with Gasteiger partial charge in [-0.15, -0.1) is 0 Å². The van der Waals surface area contributed by atoms with Crippen LogP contribution in [0, 0.1) is 0 Å². The number of ether oxygens (including phenoxy) is 1. The Labute approximate surface area is 131 Å². The fourth-order valence-corrected chi connectivity index (χ4v) is 3.16. The number of benzene rings is 1. The zero-order valence-electron chi connectivity index (χ0n) is 11.8. The molecular formula is C14H19BrF2N2O2. The molecule has 0 amide bonds. The molecule has 0 bridgehead atoms. The first-order valence-corrected chi connectivity index (χ1v) is 7.56. The predicted molar refractivity (Wildman–Crippen MR) is 79.9 cm³/mol. The SMILES string of the molecule is COc1ccc([C@H](N2CCNCC2)C(F)(F)CO)cc1Br. The van der Waals surface area contributed by atoms with Crippen LogP contribution in [0.25, 0.3) is 0 Å². The molecule has 1 atom stereocenters. The fourth-order valence-electron chi connectivity index (χ4n) is 2.60. The Morgan fingerprint density at radius 2 is 2.10 bits per heavy atom. The van der Waals surface area contributed by atoms with E-state index in [2.05, 4.69) is 21.2 Å². The summed E-state index contributed by atoms with van der Waals surface area (Å²) in [5.41, 5.74) is 0.462. The molecule has 0 spiro atoms. The van der Waals surface area contributed by atoms with Crippen LogP contribution >= 0.6 is 15.9 Å². The molecule has 1 aromatic rings. The van der Waals surface area contributed by atoms with E-state index in [1.54, 1.807) is 23.1 Å². The summed E-state index contributed by atoms with van der Waals surface area (Å²) < 4.78 is 34.2. The van der Waals surface area contributed by atoms with E-state index in [1.807, 2.05) is 0 Å². The van der Waals surface area contributed by atoms with Gasteiger partial charge in [-0.1, -0.05) is 6.07 Å². The van der Waals surface area contributed by atoms with Crippen LogP contribution in [-0.2, 0) is 0 Å². The Balaban J connectivity index is 2.36. The number of rotatable bonds is 5. The van der Waals surface area contributed by atoms with Crippen molar-refractivity contribution in [2.24, 2.45) is 0 Å². The Morgan fingerprint density at radius 1 is 1.43 bits per heavy atom. The number of hydrogen-bond donors (Lipinski definition) is 2. The molecule has 0 unspecified atom stereocenters. The summed E-state index contributed by atoms with van der Waals surface area (Å²) in [6.07, 6.45) is 0. The molecule has 1 aliphatic heterocycles. The molecule has 0 saturated carbocycles. The Bertz CT molecular complexity index is 482. The van der Waals surface area contributed by atoms with Crippen molar-refractivity contribution in [1.29, 1.82) is 0 Å². The number of methoxy groups -OCH3 is 1. The van der Waals surface area contributed by atoms with Gasteiger partial charge >= 0.3 is 0 Å². The second kappa shape index (κ2) is 7.00. The van der Waals surface area contributed by atoms with Gasteiger partial charge in [-0.25, -0.2) is 8.78 Å². The first-order valence-electron chi connectivity index (χ1n) is 6.76. The third kappa shape index (κ3) is 3.71. The first kappa shape index (κ1) is 16.6. The van der Waals surface area contributed by atoms with Crippen LogP contribution < -0.4 is 10.1 Å². The summed E-state index contributed by atoms with van der Waals surface area (Å²) in [5, 5.41) is 12.2. The molecule has 0 aliphatic carbocycles. The summed E-state index contributed by atoms with van der Waals surface area (Å²) in [5.74, 6) is -2.61. The fraction of sp³-hybridized carbons (Fsp3) is 0.571. The lowest BCUT2D eigenvalue weighted by Gasteiger charge is -2.38. The highest BCUT2D eigenvalue weighted by Gasteiger charge is 2.44. The highest BCUT2D eigenvalue weighted by molar-refractivity contribution is 9.10. The molecule has 1 aromatic carbocycles. The molecule has 7 heteroatoms. The van der Waals surface area contributed by atoms with Crippen LogP contribution in [0.5, 0.6) is 5.75 Å². The van der Waals surface area contributed by atoms with Gasteiger partial charge in [0.1, 0.15) is 18.4 Å². The van der Waals surface area contributed by atoms with E-state index >= 15 is 0 Å². The van der Waals surface area contributed by atoms with Crippen molar-refractivity contribution >= 4 is 15.9 Å². The molecule has 21 heavy (non-hydrogen) atoms. The average molecular weight is 365 g/mol. The summed E-state index contributed by atoms with van der Waals surface area (Å²) >= 11 is 3.33. The van der Waals surface area contributed by atoms with Crippen molar-refractivity contribution in [2.45, 2.75) is 12.0 Å². The van der Waals surface area contributed by atoms with Crippen molar-refractivity contribution < 1.29 is 18.6 Å². The Morgan fingerprint density at radius 3 is 2.62 bits per heavy atom. The maximum absolute atomic E-state index is 14.2. The molecular weight excluding hydrogens is 346 g/mol. The van der Waals surface area contributed by atoms with Gasteiger partial charge in [0.15, 0.2) is 0 Å². The summed E-state index contributed by atoms with van der Waals surface area (Å²) in [6.45, 7) is 1.18. The smallest absolute Gasteiger partial charge is 0.289 e. The van der Waals surface area contributed by atoms with E-state index in [9.17, 15) is 8.78 Å². The van der Waals surface area contributed by atoms with Crippen molar-refractivity contribution in [3.8, 4) is 5.75 Å². The van der Waals surface area contributed by atoms with Gasteiger partial charge in [0.05, 0.1) is 11.6 Å². The number of aliphatic hydroxyl groups excluding tert-OH is 1. The second-order valence-corrected chi connectivity index (χ2v) is 5.86. The van der Waals surface area contributed by atoms with E-state index in [4.69, 9.17) is 9.84 Å². The maximum Gasteiger partial charge on any atom is 0.289 e. The van der Waals surface area contributed by atoms with Crippen LogP contribution in [0.4, 0.5) is 8.78 Å². The summed E-state index contributed by atoms with van der Waals surface area (Å²) in [6, 6.07) is 3.77. The predicted octanol–water partition coefficient (Wildman–Crippen LogP) is 2.03. The number of halogens is 3. The standard InChI is InChI=1S/C14H19BrF2N2O2/c1-21-12-3-2-10(8-11(12)15)13(14(16,17)9-20)19-6-4-18-5-7-19/h2-3,8,13,18,20H,4-7,9H2,1H3/t13-/m0/s1. The van der Waals surface area contributed by atoms with Gasteiger partial charge in [-0.3, -0.25) is 4.90 Å². The minimum absolute atomic E-state index is 0.462. The van der Waals surface area contributed by atoms with Gasteiger partial charge in [0.2, 0.25) is 0 Å². The number of piperazine rings is 1. The largest absolute Gasteiger partial charge is 0.496 e. The summed E-state index contributed by atoms with van der Waals surface area (Å²) in [4.78, 5) is 1.71. The molecule has 1 aliphatic rings. The lowest BCUT2D eigenvalue weighted by molar-refractivity contribution is -0.118. The monoisotopic (exact) mass is 364 g/mol. The van der Waals surface area contributed by atoms with Crippen LogP contribution in [-0.4, -0.2) is 55.8 Å². The third-order valence-electron chi connectivity index (χ3n) is 3.62. The zero-order valence-corrected chi connectivity index (χ0v) is 13.4. The molecule has 4 nitrogen and oxygen atoms in total. The Hall–Kier alpha value is -0.760. The van der Waals surface area contributed by atoms with Gasteiger partial charge in [0.25, 0.3) is 5.92 Å². The number of hydrogen-bond acceptors (Lipinski definition) is 4. The van der Waals surface area contributed by atoms with E-state index in [0.717, 1.165) is 0 Å². The molecule has 0 radical (unpaired) electrons. The minimum Gasteiger partial charge on any atom is -0.496 e. The van der Waals surface area contributed by atoms with Crippen molar-refractivity contribution in [1.82, 2.24) is 10.2 Å². The van der Waals surface area contributed by atoms with E-state index < -0.39 is 18.6 Å². The second-order valence-electron chi connectivity index (χ2n) is 5.00.